The Morgan fingerprint density at radius 3 is 1.67 bits per heavy atom. The summed E-state index contributed by atoms with van der Waals surface area (Å²) in [4.78, 5) is 20.7. The Hall–Kier alpha value is -2.50. The minimum Gasteiger partial charge on any atom is -0.258 e. The Balaban J connectivity index is 2.37. The summed E-state index contributed by atoms with van der Waals surface area (Å²) >= 11 is 0. The van der Waals surface area contributed by atoms with Crippen molar-refractivity contribution in [1.82, 2.24) is 0 Å². The van der Waals surface area contributed by atoms with E-state index in [1.807, 2.05) is 0 Å². The first-order valence-electron chi connectivity index (χ1n) is 5.44. The van der Waals surface area contributed by atoms with Crippen LogP contribution in [0.4, 0.5) is 11.4 Å². The van der Waals surface area contributed by atoms with Gasteiger partial charge >= 0.3 is 0 Å². The molecule has 2 aromatic carbocycles. The molecule has 18 heavy (non-hydrogen) atoms. The monoisotopic (exact) mass is 244 g/mol. The van der Waals surface area contributed by atoms with E-state index in [1.165, 1.54) is 12.1 Å². The molecule has 2 aromatic rings. The van der Waals surface area contributed by atoms with E-state index in [2.05, 4.69) is 0 Å². The summed E-state index contributed by atoms with van der Waals surface area (Å²) in [6.07, 6.45) is 1.41. The molecule has 0 saturated carbocycles. The van der Waals surface area contributed by atoms with Crippen molar-refractivity contribution in [2.24, 2.45) is 0 Å². The van der Waals surface area contributed by atoms with Crippen molar-refractivity contribution in [1.29, 1.82) is 0 Å². The van der Waals surface area contributed by atoms with Gasteiger partial charge in [-0.1, -0.05) is 0 Å². The lowest BCUT2D eigenvalue weighted by molar-refractivity contribution is -0.385. The minimum atomic E-state index is -0.466. The van der Waals surface area contributed by atoms with Gasteiger partial charge in [0.25, 0.3) is 11.4 Å². The summed E-state index contributed by atoms with van der Waals surface area (Å²) in [6.45, 7) is 0. The highest BCUT2D eigenvalue weighted by molar-refractivity contribution is 5.94. The lowest BCUT2D eigenvalue weighted by Crippen LogP contribution is -1.92. The SMILES string of the molecule is O=[N+]([O-])c1cc2c3c(cc([N+](=O)[O-])cc3c1)CC2. The van der Waals surface area contributed by atoms with E-state index in [-0.39, 0.29) is 11.4 Å². The summed E-state index contributed by atoms with van der Waals surface area (Å²) in [6, 6.07) is 5.93. The third kappa shape index (κ3) is 1.42. The molecule has 0 atom stereocenters. The van der Waals surface area contributed by atoms with E-state index in [0.717, 1.165) is 16.5 Å². The van der Waals surface area contributed by atoms with Crippen LogP contribution >= 0.6 is 0 Å². The van der Waals surface area contributed by atoms with E-state index in [9.17, 15) is 20.2 Å². The van der Waals surface area contributed by atoms with Crippen LogP contribution in [0.1, 0.15) is 11.1 Å². The molecule has 0 aromatic heterocycles. The van der Waals surface area contributed by atoms with Crippen LogP contribution in [0, 0.1) is 20.2 Å². The number of nitrogens with zero attached hydrogens (tertiary/aromatic N) is 2. The number of aryl methyl sites for hydroxylation is 2. The lowest BCUT2D eigenvalue weighted by atomic mass is 10.0. The Kier molecular flexibility index (Phi) is 2.07. The molecule has 6 nitrogen and oxygen atoms in total. The summed E-state index contributed by atoms with van der Waals surface area (Å²) < 4.78 is 0. The molecule has 0 saturated heterocycles. The lowest BCUT2D eigenvalue weighted by Gasteiger charge is -2.02. The van der Waals surface area contributed by atoms with E-state index >= 15 is 0 Å². The zero-order chi connectivity index (χ0) is 12.9. The third-order valence-electron chi connectivity index (χ3n) is 3.27. The number of nitro groups is 2. The number of hydrogen-bond acceptors (Lipinski definition) is 4. The van der Waals surface area contributed by atoms with Gasteiger partial charge in [-0.3, -0.25) is 20.2 Å². The van der Waals surface area contributed by atoms with E-state index in [1.54, 1.807) is 12.1 Å². The molecule has 6 heteroatoms. The summed E-state index contributed by atoms with van der Waals surface area (Å²) in [5.74, 6) is 0. The second kappa shape index (κ2) is 3.49. The Bertz CT molecular complexity index is 652. The maximum absolute atomic E-state index is 10.8. The predicted molar refractivity (Wildman–Crippen MR) is 64.7 cm³/mol. The van der Waals surface area contributed by atoms with Crippen molar-refractivity contribution in [2.75, 3.05) is 0 Å². The van der Waals surface area contributed by atoms with Crippen LogP contribution in [-0.4, -0.2) is 9.85 Å². The average molecular weight is 244 g/mol. The first-order chi connectivity index (χ1) is 8.56. The van der Waals surface area contributed by atoms with Crippen LogP contribution in [0.3, 0.4) is 0 Å². The van der Waals surface area contributed by atoms with Gasteiger partial charge in [-0.05, 0) is 34.7 Å². The minimum absolute atomic E-state index is 0.00847. The van der Waals surface area contributed by atoms with E-state index in [4.69, 9.17) is 0 Å². The van der Waals surface area contributed by atoms with E-state index < -0.39 is 9.85 Å². The van der Waals surface area contributed by atoms with Crippen molar-refractivity contribution >= 4 is 22.1 Å². The fourth-order valence-corrected chi connectivity index (χ4v) is 2.54. The molecule has 0 amide bonds. The van der Waals surface area contributed by atoms with Gasteiger partial charge < -0.3 is 0 Å². The van der Waals surface area contributed by atoms with Gasteiger partial charge in [0.2, 0.25) is 0 Å². The van der Waals surface area contributed by atoms with Gasteiger partial charge in [0.05, 0.1) is 9.85 Å². The highest BCUT2D eigenvalue weighted by atomic mass is 16.6. The fourth-order valence-electron chi connectivity index (χ4n) is 2.54. The first-order valence-corrected chi connectivity index (χ1v) is 5.44. The van der Waals surface area contributed by atoms with Crippen LogP contribution in [0.2, 0.25) is 0 Å². The molecular formula is C12H8N2O4. The van der Waals surface area contributed by atoms with Crippen molar-refractivity contribution < 1.29 is 9.85 Å². The second-order valence-corrected chi connectivity index (χ2v) is 4.32. The van der Waals surface area contributed by atoms with Gasteiger partial charge in [0.15, 0.2) is 0 Å². The zero-order valence-corrected chi connectivity index (χ0v) is 9.25. The Morgan fingerprint density at radius 2 is 1.28 bits per heavy atom. The molecule has 0 bridgehead atoms. The summed E-state index contributed by atoms with van der Waals surface area (Å²) in [5.41, 5.74) is 1.80. The molecule has 0 N–H and O–H groups in total. The quantitative estimate of drug-likeness (QED) is 0.600. The van der Waals surface area contributed by atoms with Crippen molar-refractivity contribution in [3.05, 3.63) is 55.6 Å². The molecule has 90 valence electrons. The van der Waals surface area contributed by atoms with Crippen LogP contribution in [-0.2, 0) is 12.8 Å². The maximum atomic E-state index is 10.8. The van der Waals surface area contributed by atoms with Crippen LogP contribution in [0.15, 0.2) is 24.3 Å². The standard InChI is InChI=1S/C12H8N2O4/c15-13(16)10-3-7-1-2-8-4-11(14(17)18)6-9(5-10)12(7)8/h3-6H,1-2H2. The van der Waals surface area contributed by atoms with Gasteiger partial charge in [0, 0.05) is 24.3 Å². The van der Waals surface area contributed by atoms with Gasteiger partial charge in [-0.2, -0.15) is 0 Å². The summed E-state index contributed by atoms with van der Waals surface area (Å²) in [5, 5.41) is 23.2. The zero-order valence-electron chi connectivity index (χ0n) is 9.25. The Morgan fingerprint density at radius 1 is 0.833 bits per heavy atom. The second-order valence-electron chi connectivity index (χ2n) is 4.32. The smallest absolute Gasteiger partial charge is 0.258 e. The topological polar surface area (TPSA) is 86.3 Å². The van der Waals surface area contributed by atoms with Gasteiger partial charge in [0.1, 0.15) is 0 Å². The van der Waals surface area contributed by atoms with E-state index in [0.29, 0.717) is 18.2 Å². The van der Waals surface area contributed by atoms with Crippen LogP contribution < -0.4 is 0 Å². The van der Waals surface area contributed by atoms with Crippen LogP contribution in [0.5, 0.6) is 0 Å². The molecule has 0 unspecified atom stereocenters. The number of benzene rings is 2. The van der Waals surface area contributed by atoms with Crippen molar-refractivity contribution in [3.63, 3.8) is 0 Å². The predicted octanol–water partition coefficient (Wildman–Crippen LogP) is 2.75. The molecule has 0 heterocycles. The number of rotatable bonds is 2. The average Bonchev–Trinajstić information content (AvgIpc) is 2.73. The highest BCUT2D eigenvalue weighted by Gasteiger charge is 2.22. The normalized spacial score (nSPS) is 12.9. The molecule has 1 aliphatic carbocycles. The fraction of sp³-hybridized carbons (Fsp3) is 0.167. The van der Waals surface area contributed by atoms with Gasteiger partial charge in [-0.15, -0.1) is 0 Å². The highest BCUT2D eigenvalue weighted by Crippen LogP contribution is 2.36. The number of non-ortho nitro benzene ring substituents is 2. The third-order valence-corrected chi connectivity index (χ3v) is 3.27. The van der Waals surface area contributed by atoms with Crippen LogP contribution in [0.25, 0.3) is 10.8 Å². The molecule has 0 fully saturated rings. The largest absolute Gasteiger partial charge is 0.270 e. The number of nitro benzene ring substituents is 2. The number of hydrogen-bond donors (Lipinski definition) is 0. The van der Waals surface area contributed by atoms with Crippen molar-refractivity contribution in [3.8, 4) is 0 Å². The molecular weight excluding hydrogens is 236 g/mol. The molecule has 0 spiro atoms. The maximum Gasteiger partial charge on any atom is 0.270 e. The molecule has 0 radical (unpaired) electrons. The van der Waals surface area contributed by atoms with Gasteiger partial charge in [-0.25, -0.2) is 0 Å². The molecule has 3 rings (SSSR count). The summed E-state index contributed by atoms with van der Waals surface area (Å²) in [7, 11) is 0. The van der Waals surface area contributed by atoms with Crippen molar-refractivity contribution in [2.45, 2.75) is 12.8 Å². The molecule has 1 aliphatic rings. The molecule has 0 aliphatic heterocycles. The Labute approximate surface area is 101 Å². The first kappa shape index (κ1) is 10.6.